The van der Waals surface area contributed by atoms with Crippen molar-refractivity contribution in [1.82, 2.24) is 0 Å². The lowest BCUT2D eigenvalue weighted by molar-refractivity contribution is 0.0719. The lowest BCUT2D eigenvalue weighted by Gasteiger charge is -2.13. The van der Waals surface area contributed by atoms with Crippen molar-refractivity contribution in [3.63, 3.8) is 0 Å². The van der Waals surface area contributed by atoms with Crippen LogP contribution in [-0.2, 0) is 0 Å². The zero-order valence-electron chi connectivity index (χ0n) is 26.9. The smallest absolute Gasteiger partial charge is 0.346 e. The number of halogens is 5. The number of esters is 1. The first-order valence-corrected chi connectivity index (χ1v) is 16.5. The molecule has 0 saturated carbocycles. The third kappa shape index (κ3) is 11.0. The monoisotopic (exact) mass is 648 g/mol. The summed E-state index contributed by atoms with van der Waals surface area (Å²) in [6.45, 7) is 4.90. The first kappa shape index (κ1) is 36.8. The topological polar surface area (TPSA) is 44.8 Å². The highest BCUT2D eigenvalue weighted by atomic mass is 19.2. The van der Waals surface area contributed by atoms with Crippen molar-refractivity contribution in [2.45, 2.75) is 104 Å². The van der Waals surface area contributed by atoms with Gasteiger partial charge in [-0.1, -0.05) is 109 Å². The van der Waals surface area contributed by atoms with Crippen LogP contribution >= 0.6 is 0 Å². The fourth-order valence-corrected chi connectivity index (χ4v) is 5.04. The van der Waals surface area contributed by atoms with E-state index in [0.717, 1.165) is 57.4 Å². The molecule has 3 aromatic carbocycles. The Morgan fingerprint density at radius 2 is 1.07 bits per heavy atom. The van der Waals surface area contributed by atoms with Crippen molar-refractivity contribution in [2.75, 3.05) is 13.2 Å². The number of hydrogen-bond acceptors (Lipinski definition) is 4. The van der Waals surface area contributed by atoms with Gasteiger partial charge in [-0.25, -0.2) is 18.0 Å². The molecule has 0 amide bonds. The summed E-state index contributed by atoms with van der Waals surface area (Å²) in [4.78, 5) is 12.7. The minimum Gasteiger partial charge on any atom is -0.494 e. The third-order valence-electron chi connectivity index (χ3n) is 7.77. The van der Waals surface area contributed by atoms with E-state index < -0.39 is 52.1 Å². The average molecular weight is 649 g/mol. The number of hydrogen-bond donors (Lipinski definition) is 0. The minimum absolute atomic E-state index is 0.0396. The molecule has 0 unspecified atom stereocenters. The van der Waals surface area contributed by atoms with Crippen LogP contribution in [0, 0.1) is 29.1 Å². The quantitative estimate of drug-likeness (QED) is 0.0379. The standard InChI is InChI=1S/C37H45F5O4/c1-3-5-7-9-11-12-14-16-24-45-30-25-31(35(41)36(42)34(30)40)46-37(43)29-22-21-28(32(38)33(29)39)26-17-19-27(20-18-26)44-23-15-13-10-8-6-4-2/h17-22,25H,3-16,23-24H2,1-2H3. The predicted octanol–water partition coefficient (Wildman–Crippen LogP) is 11.5. The highest BCUT2D eigenvalue weighted by Gasteiger charge is 2.26. The van der Waals surface area contributed by atoms with Gasteiger partial charge in [-0.2, -0.15) is 8.78 Å². The van der Waals surface area contributed by atoms with Crippen molar-refractivity contribution in [1.29, 1.82) is 0 Å². The van der Waals surface area contributed by atoms with Gasteiger partial charge in [-0.15, -0.1) is 0 Å². The van der Waals surface area contributed by atoms with Gasteiger partial charge in [0.2, 0.25) is 17.5 Å². The molecule has 0 radical (unpaired) electrons. The molecule has 0 saturated heterocycles. The average Bonchev–Trinajstić information content (AvgIpc) is 3.06. The predicted molar refractivity (Wildman–Crippen MR) is 170 cm³/mol. The first-order chi connectivity index (χ1) is 22.3. The second-order valence-corrected chi connectivity index (χ2v) is 11.5. The van der Waals surface area contributed by atoms with Gasteiger partial charge in [0.15, 0.2) is 23.1 Å². The lowest BCUT2D eigenvalue weighted by atomic mass is 10.0. The van der Waals surface area contributed by atoms with Crippen molar-refractivity contribution in [2.24, 2.45) is 0 Å². The van der Waals surface area contributed by atoms with Gasteiger partial charge in [0.25, 0.3) is 0 Å². The Morgan fingerprint density at radius 1 is 0.543 bits per heavy atom. The number of carbonyl (C=O) groups is 1. The van der Waals surface area contributed by atoms with Crippen molar-refractivity contribution >= 4 is 5.97 Å². The van der Waals surface area contributed by atoms with E-state index in [1.807, 2.05) is 0 Å². The van der Waals surface area contributed by atoms with Crippen LogP contribution < -0.4 is 14.2 Å². The number of rotatable bonds is 21. The maximum Gasteiger partial charge on any atom is 0.346 e. The largest absolute Gasteiger partial charge is 0.494 e. The summed E-state index contributed by atoms with van der Waals surface area (Å²) in [6.07, 6.45) is 14.9. The van der Waals surface area contributed by atoms with Crippen LogP contribution in [0.25, 0.3) is 11.1 Å². The van der Waals surface area contributed by atoms with Gasteiger partial charge in [0, 0.05) is 11.6 Å². The maximum atomic E-state index is 15.1. The highest BCUT2D eigenvalue weighted by Crippen LogP contribution is 2.33. The summed E-state index contributed by atoms with van der Waals surface area (Å²) in [6, 6.07) is 9.28. The van der Waals surface area contributed by atoms with Crippen molar-refractivity contribution in [3.05, 3.63) is 77.1 Å². The number of carbonyl (C=O) groups excluding carboxylic acids is 1. The van der Waals surface area contributed by atoms with E-state index in [1.165, 1.54) is 38.2 Å². The Kier molecular flexibility index (Phi) is 15.9. The second kappa shape index (κ2) is 19.8. The molecule has 0 aliphatic rings. The van der Waals surface area contributed by atoms with Gasteiger partial charge in [-0.05, 0) is 36.6 Å². The second-order valence-electron chi connectivity index (χ2n) is 11.5. The summed E-state index contributed by atoms with van der Waals surface area (Å²) in [5.41, 5.74) is -0.619. The van der Waals surface area contributed by atoms with Crippen LogP contribution in [0.2, 0.25) is 0 Å². The van der Waals surface area contributed by atoms with Gasteiger partial charge in [0.05, 0.1) is 18.8 Å². The molecular weight excluding hydrogens is 603 g/mol. The molecule has 3 rings (SSSR count). The van der Waals surface area contributed by atoms with Gasteiger partial charge in [0.1, 0.15) is 5.75 Å². The Morgan fingerprint density at radius 3 is 1.65 bits per heavy atom. The van der Waals surface area contributed by atoms with Crippen LogP contribution in [0.3, 0.4) is 0 Å². The van der Waals surface area contributed by atoms with E-state index in [4.69, 9.17) is 14.2 Å². The molecule has 0 heterocycles. The van der Waals surface area contributed by atoms with Crippen LogP contribution in [0.15, 0.2) is 42.5 Å². The Bertz CT molecular complexity index is 1380. The van der Waals surface area contributed by atoms with Crippen molar-refractivity contribution < 1.29 is 41.0 Å². The molecule has 0 fully saturated rings. The van der Waals surface area contributed by atoms with Crippen LogP contribution in [0.5, 0.6) is 17.2 Å². The Balaban J connectivity index is 1.59. The number of ether oxygens (including phenoxy) is 3. The van der Waals surface area contributed by atoms with E-state index in [-0.39, 0.29) is 12.2 Å². The third-order valence-corrected chi connectivity index (χ3v) is 7.77. The molecule has 0 aliphatic heterocycles. The Labute approximate surface area is 269 Å². The fourth-order valence-electron chi connectivity index (χ4n) is 5.04. The summed E-state index contributed by atoms with van der Waals surface area (Å²) in [5, 5.41) is 0. The molecule has 0 atom stereocenters. The van der Waals surface area contributed by atoms with Crippen LogP contribution in [0.4, 0.5) is 22.0 Å². The molecule has 252 valence electrons. The summed E-state index contributed by atoms with van der Waals surface area (Å²) in [7, 11) is 0. The minimum atomic E-state index is -1.90. The van der Waals surface area contributed by atoms with Crippen molar-refractivity contribution in [3.8, 4) is 28.4 Å². The SMILES string of the molecule is CCCCCCCCCCOc1cc(OC(=O)c2ccc(-c3ccc(OCCCCCCCC)cc3)c(F)c2F)c(F)c(F)c1F. The van der Waals surface area contributed by atoms with E-state index in [2.05, 4.69) is 13.8 Å². The maximum absolute atomic E-state index is 15.1. The molecule has 3 aromatic rings. The lowest BCUT2D eigenvalue weighted by Crippen LogP contribution is -2.14. The zero-order chi connectivity index (χ0) is 33.3. The van der Waals surface area contributed by atoms with E-state index in [1.54, 1.807) is 24.3 Å². The Hall–Kier alpha value is -3.62. The molecule has 0 N–H and O–H groups in total. The molecule has 0 spiro atoms. The van der Waals surface area contributed by atoms with Gasteiger partial charge >= 0.3 is 5.97 Å². The van der Waals surface area contributed by atoms with E-state index in [9.17, 15) is 18.0 Å². The molecule has 0 aliphatic carbocycles. The normalized spacial score (nSPS) is 11.1. The molecule has 4 nitrogen and oxygen atoms in total. The molecule has 0 bridgehead atoms. The van der Waals surface area contributed by atoms with Gasteiger partial charge < -0.3 is 14.2 Å². The summed E-state index contributed by atoms with van der Waals surface area (Å²) >= 11 is 0. The summed E-state index contributed by atoms with van der Waals surface area (Å²) in [5.74, 6) is -10.7. The van der Waals surface area contributed by atoms with E-state index >= 15 is 8.78 Å². The number of unbranched alkanes of at least 4 members (excludes halogenated alkanes) is 12. The fraction of sp³-hybridized carbons (Fsp3) is 0.486. The van der Waals surface area contributed by atoms with Crippen LogP contribution in [-0.4, -0.2) is 19.2 Å². The van der Waals surface area contributed by atoms with E-state index in [0.29, 0.717) is 30.4 Å². The number of benzene rings is 3. The molecule has 0 aromatic heterocycles. The highest BCUT2D eigenvalue weighted by molar-refractivity contribution is 5.92. The molecular formula is C37H45F5O4. The zero-order valence-corrected chi connectivity index (χ0v) is 26.9. The van der Waals surface area contributed by atoms with Gasteiger partial charge in [-0.3, -0.25) is 0 Å². The molecule has 9 heteroatoms. The molecule has 46 heavy (non-hydrogen) atoms. The van der Waals surface area contributed by atoms with Crippen LogP contribution in [0.1, 0.15) is 114 Å². The first-order valence-electron chi connectivity index (χ1n) is 16.5. The summed E-state index contributed by atoms with van der Waals surface area (Å²) < 4.78 is 89.0.